The molecule has 3 fully saturated rings. The van der Waals surface area contributed by atoms with Crippen LogP contribution in [0, 0.1) is 11.8 Å². The van der Waals surface area contributed by atoms with Gasteiger partial charge in [-0.3, -0.25) is 14.5 Å². The van der Waals surface area contributed by atoms with Gasteiger partial charge in [-0.25, -0.2) is 4.79 Å². The Labute approximate surface area is 162 Å². The van der Waals surface area contributed by atoms with Crippen LogP contribution in [0.1, 0.15) is 53.4 Å². The van der Waals surface area contributed by atoms with Crippen molar-refractivity contribution >= 4 is 17.8 Å². The third-order valence-electron chi connectivity index (χ3n) is 6.09. The number of hydrogen-bond donors (Lipinski definition) is 1. The normalized spacial score (nSPS) is 26.4. The average molecular weight is 379 g/mol. The van der Waals surface area contributed by atoms with E-state index in [1.165, 1.54) is 4.90 Å². The Kier molecular flexibility index (Phi) is 5.79. The van der Waals surface area contributed by atoms with E-state index in [1.807, 2.05) is 18.7 Å². The molecule has 0 saturated carbocycles. The van der Waals surface area contributed by atoms with Gasteiger partial charge in [-0.05, 0) is 31.6 Å². The minimum atomic E-state index is -0.741. The van der Waals surface area contributed by atoms with Crippen LogP contribution >= 0.6 is 0 Å². The lowest BCUT2D eigenvalue weighted by Gasteiger charge is -2.39. The summed E-state index contributed by atoms with van der Waals surface area (Å²) in [4.78, 5) is 43.9. The Balaban J connectivity index is 1.67. The number of carbonyl (C=O) groups is 3. The van der Waals surface area contributed by atoms with Gasteiger partial charge in [-0.2, -0.15) is 0 Å². The van der Waals surface area contributed by atoms with Crippen molar-refractivity contribution in [2.24, 2.45) is 11.8 Å². The van der Waals surface area contributed by atoms with E-state index in [2.05, 4.69) is 24.1 Å². The van der Waals surface area contributed by atoms with Crippen molar-refractivity contribution in [1.29, 1.82) is 0 Å². The van der Waals surface area contributed by atoms with E-state index in [0.717, 1.165) is 32.5 Å². The Hall–Kier alpha value is -1.63. The lowest BCUT2D eigenvalue weighted by Crippen LogP contribution is -2.56. The van der Waals surface area contributed by atoms with Crippen LogP contribution in [-0.4, -0.2) is 76.8 Å². The Morgan fingerprint density at radius 2 is 1.81 bits per heavy atom. The van der Waals surface area contributed by atoms with Crippen molar-refractivity contribution in [3.05, 3.63) is 0 Å². The van der Waals surface area contributed by atoms with Crippen LogP contribution < -0.4 is 5.32 Å². The zero-order valence-electron chi connectivity index (χ0n) is 17.2. The third kappa shape index (κ3) is 3.98. The van der Waals surface area contributed by atoms with E-state index in [9.17, 15) is 14.4 Å². The van der Waals surface area contributed by atoms with Gasteiger partial charge in [0.25, 0.3) is 5.91 Å². The number of carbonyl (C=O) groups excluding carboxylic acids is 3. The van der Waals surface area contributed by atoms with Gasteiger partial charge >= 0.3 is 6.03 Å². The Bertz CT molecular complexity index is 596. The van der Waals surface area contributed by atoms with E-state index in [1.54, 1.807) is 0 Å². The van der Waals surface area contributed by atoms with E-state index >= 15 is 0 Å². The monoisotopic (exact) mass is 378 g/mol. The molecule has 3 saturated heterocycles. The van der Waals surface area contributed by atoms with Crippen LogP contribution in [0.3, 0.4) is 0 Å². The van der Waals surface area contributed by atoms with Gasteiger partial charge in [0.15, 0.2) is 0 Å². The number of piperidine rings is 2. The lowest BCUT2D eigenvalue weighted by molar-refractivity contribution is -0.140. The van der Waals surface area contributed by atoms with Crippen molar-refractivity contribution in [2.45, 2.75) is 65.0 Å². The van der Waals surface area contributed by atoms with Gasteiger partial charge in [0.05, 0.1) is 6.04 Å². The number of rotatable bonds is 4. The van der Waals surface area contributed by atoms with Gasteiger partial charge in [0.2, 0.25) is 5.91 Å². The Morgan fingerprint density at radius 3 is 2.41 bits per heavy atom. The summed E-state index contributed by atoms with van der Waals surface area (Å²) in [5.41, 5.74) is -0.741. The van der Waals surface area contributed by atoms with Crippen LogP contribution in [0.15, 0.2) is 0 Å². The maximum atomic E-state index is 13.3. The second-order valence-electron chi connectivity index (χ2n) is 9.12. The fraction of sp³-hybridized carbons (Fsp3) is 0.850. The van der Waals surface area contributed by atoms with Crippen molar-refractivity contribution in [1.82, 2.24) is 20.0 Å². The smallest absolute Gasteiger partial charge is 0.325 e. The first-order valence-corrected chi connectivity index (χ1v) is 10.4. The van der Waals surface area contributed by atoms with Crippen LogP contribution in [0.25, 0.3) is 0 Å². The summed E-state index contributed by atoms with van der Waals surface area (Å²) in [7, 11) is 0. The summed E-state index contributed by atoms with van der Waals surface area (Å²) in [5, 5.41) is 3.01. The topological polar surface area (TPSA) is 73.0 Å². The highest BCUT2D eigenvalue weighted by molar-refractivity contribution is 6.07. The number of hydrogen-bond acceptors (Lipinski definition) is 4. The van der Waals surface area contributed by atoms with Gasteiger partial charge in [0, 0.05) is 38.6 Å². The summed E-state index contributed by atoms with van der Waals surface area (Å²) in [6.45, 7) is 12.0. The molecule has 0 aliphatic carbocycles. The molecule has 1 spiro atoms. The second kappa shape index (κ2) is 7.78. The number of likely N-dealkylation sites (tertiary alicyclic amines) is 2. The van der Waals surface area contributed by atoms with Crippen LogP contribution in [-0.2, 0) is 9.59 Å². The summed E-state index contributed by atoms with van der Waals surface area (Å²) in [5.74, 6) is 0.545. The van der Waals surface area contributed by atoms with E-state index < -0.39 is 5.54 Å². The average Bonchev–Trinajstić information content (AvgIpc) is 2.86. The minimum Gasteiger partial charge on any atom is -0.340 e. The highest BCUT2D eigenvalue weighted by atomic mass is 16.2. The molecule has 0 aromatic rings. The fourth-order valence-corrected chi connectivity index (χ4v) is 4.68. The fourth-order valence-electron chi connectivity index (χ4n) is 4.68. The molecule has 3 aliphatic heterocycles. The molecule has 4 amide bonds. The molecule has 7 heteroatoms. The molecule has 0 radical (unpaired) electrons. The standard InChI is InChI=1S/C20H34N4O3/c1-14(2)12-22-10-7-20(8-11-22)18(26)24(19(27)21-20)16-6-5-9-23(13-16)17(25)15(3)4/h14-16H,5-13H2,1-4H3,(H,21,27)/t16-/m0/s1. The predicted molar refractivity (Wildman–Crippen MR) is 103 cm³/mol. The van der Waals surface area contributed by atoms with Crippen molar-refractivity contribution < 1.29 is 14.4 Å². The molecule has 152 valence electrons. The van der Waals surface area contributed by atoms with Crippen LogP contribution in [0.2, 0.25) is 0 Å². The highest BCUT2D eigenvalue weighted by Crippen LogP contribution is 2.32. The number of imide groups is 1. The quantitative estimate of drug-likeness (QED) is 0.756. The molecular formula is C20H34N4O3. The largest absolute Gasteiger partial charge is 0.340 e. The van der Waals surface area contributed by atoms with Crippen molar-refractivity contribution in [2.75, 3.05) is 32.7 Å². The Morgan fingerprint density at radius 1 is 1.15 bits per heavy atom. The van der Waals surface area contributed by atoms with Gasteiger partial charge in [-0.1, -0.05) is 27.7 Å². The maximum absolute atomic E-state index is 13.3. The first kappa shape index (κ1) is 20.1. The molecule has 0 aromatic carbocycles. The minimum absolute atomic E-state index is 0.0662. The summed E-state index contributed by atoms with van der Waals surface area (Å²) < 4.78 is 0. The predicted octanol–water partition coefficient (Wildman–Crippen LogP) is 1.68. The molecule has 1 N–H and O–H groups in total. The first-order valence-electron chi connectivity index (χ1n) is 10.4. The SMILES string of the molecule is CC(C)CN1CCC2(CC1)NC(=O)N([C@H]1CCCN(C(=O)C(C)C)C1)C2=O. The van der Waals surface area contributed by atoms with E-state index in [4.69, 9.17) is 0 Å². The number of nitrogens with zero attached hydrogens (tertiary/aromatic N) is 3. The number of nitrogens with one attached hydrogen (secondary N) is 1. The highest BCUT2D eigenvalue weighted by Gasteiger charge is 2.54. The van der Waals surface area contributed by atoms with Crippen LogP contribution in [0.4, 0.5) is 4.79 Å². The van der Waals surface area contributed by atoms with Gasteiger partial charge in [-0.15, -0.1) is 0 Å². The molecule has 3 rings (SSSR count). The van der Waals surface area contributed by atoms with Crippen LogP contribution in [0.5, 0.6) is 0 Å². The molecule has 3 aliphatic rings. The molecule has 0 bridgehead atoms. The lowest BCUT2D eigenvalue weighted by atomic mass is 9.86. The van der Waals surface area contributed by atoms with Gasteiger partial charge < -0.3 is 15.1 Å². The van der Waals surface area contributed by atoms with Gasteiger partial charge in [0.1, 0.15) is 5.54 Å². The number of amides is 4. The third-order valence-corrected chi connectivity index (χ3v) is 6.09. The van der Waals surface area contributed by atoms with Crippen molar-refractivity contribution in [3.63, 3.8) is 0 Å². The zero-order valence-corrected chi connectivity index (χ0v) is 17.2. The first-order chi connectivity index (χ1) is 12.7. The number of urea groups is 1. The second-order valence-corrected chi connectivity index (χ2v) is 9.12. The van der Waals surface area contributed by atoms with E-state index in [0.29, 0.717) is 31.8 Å². The zero-order chi connectivity index (χ0) is 19.8. The molecule has 0 aromatic heterocycles. The maximum Gasteiger partial charge on any atom is 0.325 e. The summed E-state index contributed by atoms with van der Waals surface area (Å²) >= 11 is 0. The molecule has 7 nitrogen and oxygen atoms in total. The molecule has 27 heavy (non-hydrogen) atoms. The van der Waals surface area contributed by atoms with E-state index in [-0.39, 0.29) is 29.8 Å². The molecular weight excluding hydrogens is 344 g/mol. The molecule has 0 unspecified atom stereocenters. The molecule has 3 heterocycles. The molecule has 1 atom stereocenters. The summed E-state index contributed by atoms with van der Waals surface area (Å²) in [6.07, 6.45) is 2.94. The summed E-state index contributed by atoms with van der Waals surface area (Å²) in [6, 6.07) is -0.483. The van der Waals surface area contributed by atoms with Crippen molar-refractivity contribution in [3.8, 4) is 0 Å².